The number of pyridine rings is 1. The Labute approximate surface area is 96.1 Å². The Balaban J connectivity index is 2.16. The predicted octanol–water partition coefficient (Wildman–Crippen LogP) is 0.891. The van der Waals surface area contributed by atoms with Crippen molar-refractivity contribution in [3.63, 3.8) is 0 Å². The molecule has 1 aromatic heterocycles. The van der Waals surface area contributed by atoms with Gasteiger partial charge in [0.25, 0.3) is 0 Å². The molecular weight excluding hydrogens is 202 g/mol. The molecule has 16 heavy (non-hydrogen) atoms. The molecule has 0 unspecified atom stereocenters. The van der Waals surface area contributed by atoms with Gasteiger partial charge in [-0.3, -0.25) is 4.98 Å². The molecular formula is C12H19N3O. The van der Waals surface area contributed by atoms with Gasteiger partial charge in [-0.05, 0) is 31.4 Å². The summed E-state index contributed by atoms with van der Waals surface area (Å²) < 4.78 is 0. The van der Waals surface area contributed by atoms with Gasteiger partial charge in [0, 0.05) is 31.0 Å². The predicted molar refractivity (Wildman–Crippen MR) is 64.2 cm³/mol. The van der Waals surface area contributed by atoms with E-state index in [1.165, 1.54) is 19.3 Å². The lowest BCUT2D eigenvalue weighted by Crippen LogP contribution is -2.42. The molecule has 4 nitrogen and oxygen atoms in total. The number of rotatable bonds is 5. The van der Waals surface area contributed by atoms with Crippen LogP contribution in [0.5, 0.6) is 0 Å². The summed E-state index contributed by atoms with van der Waals surface area (Å²) in [4.78, 5) is 6.46. The van der Waals surface area contributed by atoms with E-state index in [-0.39, 0.29) is 6.61 Å². The van der Waals surface area contributed by atoms with Crippen molar-refractivity contribution in [2.24, 2.45) is 5.73 Å². The summed E-state index contributed by atoms with van der Waals surface area (Å²) in [5, 5.41) is 9.11. The Kier molecular flexibility index (Phi) is 3.74. The average molecular weight is 221 g/mol. The maximum absolute atomic E-state index is 9.11. The molecule has 1 heterocycles. The zero-order valence-corrected chi connectivity index (χ0v) is 9.47. The highest BCUT2D eigenvalue weighted by Crippen LogP contribution is 2.29. The second-order valence-electron chi connectivity index (χ2n) is 4.21. The van der Waals surface area contributed by atoms with Crippen LogP contribution in [-0.4, -0.2) is 29.3 Å². The zero-order valence-electron chi connectivity index (χ0n) is 9.47. The molecule has 0 saturated heterocycles. The first-order chi connectivity index (χ1) is 7.85. The van der Waals surface area contributed by atoms with Crippen LogP contribution < -0.4 is 10.6 Å². The van der Waals surface area contributed by atoms with Crippen molar-refractivity contribution >= 4 is 5.69 Å². The van der Waals surface area contributed by atoms with Gasteiger partial charge in [0.15, 0.2) is 0 Å². The van der Waals surface area contributed by atoms with E-state index < -0.39 is 0 Å². The number of hydrogen-bond acceptors (Lipinski definition) is 4. The van der Waals surface area contributed by atoms with Crippen LogP contribution in [-0.2, 0) is 6.54 Å². The fourth-order valence-electron chi connectivity index (χ4n) is 2.08. The monoisotopic (exact) mass is 221 g/mol. The van der Waals surface area contributed by atoms with Gasteiger partial charge >= 0.3 is 0 Å². The molecule has 0 aromatic carbocycles. The standard InChI is InChI=1S/C12H19N3O/c13-9-10-8-12(4-5-14-10)15(6-7-16)11-2-1-3-11/h4-5,8,11,16H,1-3,6-7,9,13H2. The van der Waals surface area contributed by atoms with Gasteiger partial charge in [0.2, 0.25) is 0 Å². The summed E-state index contributed by atoms with van der Waals surface area (Å²) in [5.41, 5.74) is 7.62. The number of hydrogen-bond donors (Lipinski definition) is 2. The van der Waals surface area contributed by atoms with Crippen LogP contribution in [0.4, 0.5) is 5.69 Å². The minimum atomic E-state index is 0.191. The van der Waals surface area contributed by atoms with Gasteiger partial charge in [-0.15, -0.1) is 0 Å². The normalized spacial score (nSPS) is 15.9. The summed E-state index contributed by atoms with van der Waals surface area (Å²) in [6.07, 6.45) is 5.53. The third-order valence-electron chi connectivity index (χ3n) is 3.20. The molecule has 3 N–H and O–H groups in total. The van der Waals surface area contributed by atoms with Crippen LogP contribution in [0.1, 0.15) is 25.0 Å². The Hall–Kier alpha value is -1.13. The second kappa shape index (κ2) is 5.27. The van der Waals surface area contributed by atoms with Crippen LogP contribution in [0.3, 0.4) is 0 Å². The molecule has 88 valence electrons. The summed E-state index contributed by atoms with van der Waals surface area (Å²) in [7, 11) is 0. The van der Waals surface area contributed by atoms with Crippen molar-refractivity contribution in [3.8, 4) is 0 Å². The van der Waals surface area contributed by atoms with E-state index in [1.54, 1.807) is 6.20 Å². The lowest BCUT2D eigenvalue weighted by molar-refractivity contribution is 0.283. The van der Waals surface area contributed by atoms with E-state index >= 15 is 0 Å². The van der Waals surface area contributed by atoms with Crippen LogP contribution in [0, 0.1) is 0 Å². The van der Waals surface area contributed by atoms with Crippen molar-refractivity contribution in [1.29, 1.82) is 0 Å². The lowest BCUT2D eigenvalue weighted by Gasteiger charge is -2.39. The Morgan fingerprint density at radius 2 is 2.31 bits per heavy atom. The minimum Gasteiger partial charge on any atom is -0.395 e. The average Bonchev–Trinajstić information content (AvgIpc) is 2.26. The van der Waals surface area contributed by atoms with Gasteiger partial charge in [-0.2, -0.15) is 0 Å². The molecule has 0 atom stereocenters. The molecule has 1 aromatic rings. The fraction of sp³-hybridized carbons (Fsp3) is 0.583. The summed E-state index contributed by atoms with van der Waals surface area (Å²) in [6.45, 7) is 1.35. The molecule has 0 bridgehead atoms. The topological polar surface area (TPSA) is 62.4 Å². The number of aliphatic hydroxyl groups excluding tert-OH is 1. The Morgan fingerprint density at radius 1 is 1.50 bits per heavy atom. The Bertz CT molecular complexity index is 339. The van der Waals surface area contributed by atoms with E-state index in [0.29, 0.717) is 19.1 Å². The van der Waals surface area contributed by atoms with Gasteiger partial charge in [-0.1, -0.05) is 0 Å². The quantitative estimate of drug-likeness (QED) is 0.775. The molecule has 0 spiro atoms. The molecule has 2 rings (SSSR count). The molecule has 1 aliphatic rings. The zero-order chi connectivity index (χ0) is 11.4. The molecule has 0 amide bonds. The smallest absolute Gasteiger partial charge is 0.0606 e. The third kappa shape index (κ3) is 2.33. The highest BCUT2D eigenvalue weighted by atomic mass is 16.3. The molecule has 4 heteroatoms. The number of nitrogens with two attached hydrogens (primary N) is 1. The SMILES string of the molecule is NCc1cc(N(CCO)C2CCC2)ccn1. The van der Waals surface area contributed by atoms with Crippen LogP contribution in [0.2, 0.25) is 0 Å². The maximum atomic E-state index is 9.11. The van der Waals surface area contributed by atoms with Crippen molar-refractivity contribution in [2.45, 2.75) is 31.8 Å². The summed E-state index contributed by atoms with van der Waals surface area (Å²) in [5.74, 6) is 0. The van der Waals surface area contributed by atoms with Gasteiger partial charge in [0.05, 0.1) is 12.3 Å². The maximum Gasteiger partial charge on any atom is 0.0606 e. The van der Waals surface area contributed by atoms with Crippen LogP contribution >= 0.6 is 0 Å². The highest BCUT2D eigenvalue weighted by Gasteiger charge is 2.24. The fourth-order valence-corrected chi connectivity index (χ4v) is 2.08. The molecule has 1 fully saturated rings. The van der Waals surface area contributed by atoms with Crippen molar-refractivity contribution in [2.75, 3.05) is 18.1 Å². The first-order valence-corrected chi connectivity index (χ1v) is 5.87. The van der Waals surface area contributed by atoms with Crippen molar-refractivity contribution < 1.29 is 5.11 Å². The van der Waals surface area contributed by atoms with E-state index in [4.69, 9.17) is 10.8 Å². The summed E-state index contributed by atoms with van der Waals surface area (Å²) >= 11 is 0. The Morgan fingerprint density at radius 3 is 2.88 bits per heavy atom. The first-order valence-electron chi connectivity index (χ1n) is 5.87. The van der Waals surface area contributed by atoms with Gasteiger partial charge < -0.3 is 15.7 Å². The number of anilines is 1. The number of aliphatic hydroxyl groups is 1. The molecule has 1 aliphatic carbocycles. The summed E-state index contributed by atoms with van der Waals surface area (Å²) in [6, 6.07) is 4.60. The van der Waals surface area contributed by atoms with Crippen LogP contribution in [0.15, 0.2) is 18.3 Å². The second-order valence-corrected chi connectivity index (χ2v) is 4.21. The van der Waals surface area contributed by atoms with Crippen molar-refractivity contribution in [3.05, 3.63) is 24.0 Å². The first kappa shape index (κ1) is 11.4. The van der Waals surface area contributed by atoms with E-state index in [9.17, 15) is 0 Å². The molecule has 0 radical (unpaired) electrons. The molecule has 1 saturated carbocycles. The number of aromatic nitrogens is 1. The van der Waals surface area contributed by atoms with E-state index in [1.807, 2.05) is 12.1 Å². The third-order valence-corrected chi connectivity index (χ3v) is 3.20. The van der Waals surface area contributed by atoms with Gasteiger partial charge in [-0.25, -0.2) is 0 Å². The van der Waals surface area contributed by atoms with Crippen molar-refractivity contribution in [1.82, 2.24) is 4.98 Å². The molecule has 0 aliphatic heterocycles. The van der Waals surface area contributed by atoms with E-state index in [0.717, 1.165) is 11.4 Å². The van der Waals surface area contributed by atoms with Gasteiger partial charge in [0.1, 0.15) is 0 Å². The highest BCUT2D eigenvalue weighted by molar-refractivity contribution is 5.48. The number of nitrogens with zero attached hydrogens (tertiary/aromatic N) is 2. The van der Waals surface area contributed by atoms with Crippen LogP contribution in [0.25, 0.3) is 0 Å². The largest absolute Gasteiger partial charge is 0.395 e. The lowest BCUT2D eigenvalue weighted by atomic mass is 9.91. The minimum absolute atomic E-state index is 0.191. The van der Waals surface area contributed by atoms with E-state index in [2.05, 4.69) is 9.88 Å².